The first-order chi connectivity index (χ1) is 68.7. The van der Waals surface area contributed by atoms with Gasteiger partial charge in [0.25, 0.3) is 0 Å². The van der Waals surface area contributed by atoms with Gasteiger partial charge in [0.1, 0.15) is 17.3 Å². The van der Waals surface area contributed by atoms with Crippen LogP contribution in [-0.2, 0) is 87.6 Å². The molecule has 24 aromatic rings. The van der Waals surface area contributed by atoms with Crippen LogP contribution in [0.3, 0.4) is 0 Å². The molecule has 3 aliphatic rings. The van der Waals surface area contributed by atoms with Gasteiger partial charge in [0.05, 0.1) is 39.7 Å². The summed E-state index contributed by atoms with van der Waals surface area (Å²) in [5.74, 6) is -0.856. The molecule has 0 fully saturated rings. The third-order valence-corrected chi connectivity index (χ3v) is 27.2. The summed E-state index contributed by atoms with van der Waals surface area (Å²) in [6.45, 7) is 27.2. The number of benzene rings is 12. The molecule has 27 rings (SSSR count). The van der Waals surface area contributed by atoms with Crippen molar-refractivity contribution in [1.29, 1.82) is 0 Å². The molecule has 12 aromatic heterocycles. The van der Waals surface area contributed by atoms with Crippen LogP contribution < -0.4 is 15.0 Å². The normalized spacial score (nSPS) is 12.0. The standard InChI is InChI=1S/C36H31N3.C36H33N3.C28H13F2N3.C28H15N3.4Ni/c1-35(2,3)23-17-25-26-18-24(36(4,5)6)20-28-32-15-9-13-30(38-32)22-11-7-10-21(16-22)29-12-8-14-31(37-29)27(19-23)33(25)39-34(26)28;1-35(2,3)26-18-19-32-28(22-26)29-23-30(36(4,5)6)33(38-34(29)39(32)27-15-8-7-9-16-27)25-14-12-13-24(21-25)31-17-10-11-20-37-31;29-17-11-19-20-12-18(30)14-22-26-9-3-7-24(32-26)16-5-1-4-15(10-16)23-6-2-8-25(31-23)21(13-17)27(19)33-28(20)22;1-6-17-16-18(7-1)24-13-5-15-26(30-24)22-11-3-9-20-19-8-2-10-21(27(19)31-28(20)22)25-14-4-12-23(17)29-25;;;;/h7-15,17-20H,1-6H3;7-15,17-20,22-23H,1-6H3;1-9,11-14H;1-15H;;;;/q4*-2;4*+2. The maximum Gasteiger partial charge on any atom is 2.00 e. The number of fused-ring (bicyclic) bond motifs is 36. The van der Waals surface area contributed by atoms with Crippen molar-refractivity contribution >= 4 is 87.4 Å². The van der Waals surface area contributed by atoms with Crippen molar-refractivity contribution < 1.29 is 74.7 Å². The van der Waals surface area contributed by atoms with E-state index in [0.29, 0.717) is 55.7 Å². The van der Waals surface area contributed by atoms with Crippen LogP contribution in [0.2, 0.25) is 0 Å². The van der Waals surface area contributed by atoms with E-state index >= 15 is 0 Å². The number of halogens is 2. The summed E-state index contributed by atoms with van der Waals surface area (Å²) in [7, 11) is 0. The maximum absolute atomic E-state index is 14.8. The summed E-state index contributed by atoms with van der Waals surface area (Å²) >= 11 is 0. The van der Waals surface area contributed by atoms with Crippen LogP contribution in [0.5, 0.6) is 0 Å². The predicted molar refractivity (Wildman–Crippen MR) is 573 cm³/mol. The van der Waals surface area contributed by atoms with E-state index in [1.807, 2.05) is 121 Å². The number of hydrogen-bond acceptors (Lipinski definition) is 8. The van der Waals surface area contributed by atoms with Gasteiger partial charge in [-0.25, -0.2) is 8.78 Å². The largest absolute Gasteiger partial charge is 2.00 e. The molecular formula is C128H92F2N12Ni4. The SMILES string of the molecule is CC(C)(C)c1cc2c3[n-]c4c(cc(C(C)(C)C)cc4c3c1)-c1cccc(n1)-c1[c-]c(ccc1)-c1cccc-2n1.CC(C)(C)c1ccc2c(c1)c1cc(C(C)(C)C)c(-c3[c-]c(-c4ccccn4)ccc3)nc1n2-c1[c-]cccc1.Fc1cc2c3[n-]c4c(cc(F)cc4c3c1)-c1cccc(n1)-c1[c-]c(ccc1)-c1cccc-2n1.[Ni+2].[Ni+2].[Ni+2].[Ni+2].[c-]1c2cccc1-c1cccc(n1)-c1cccc3c1[n-]c1c(cccc13)-c1cccc-2n1. The number of para-hydroxylation sites is 3. The Labute approximate surface area is 886 Å². The minimum absolute atomic E-state index is 0. The van der Waals surface area contributed by atoms with Crippen LogP contribution in [0.1, 0.15) is 105 Å². The van der Waals surface area contributed by atoms with Gasteiger partial charge in [-0.05, 0) is 188 Å². The Morgan fingerprint density at radius 3 is 0.938 bits per heavy atom. The Bertz CT molecular complexity index is 8900. The first-order valence-electron chi connectivity index (χ1n) is 48.0. The van der Waals surface area contributed by atoms with E-state index in [-0.39, 0.29) is 87.6 Å². The Kier molecular flexibility index (Phi) is 25.9. The van der Waals surface area contributed by atoms with Crippen molar-refractivity contribution in [1.82, 2.24) is 59.4 Å². The second kappa shape index (κ2) is 38.4. The predicted octanol–water partition coefficient (Wildman–Crippen LogP) is 31.5. The molecule has 0 saturated carbocycles. The first kappa shape index (κ1) is 98.3. The van der Waals surface area contributed by atoms with Crippen LogP contribution in [0.25, 0.3) is 251 Å². The molecule has 0 N–H and O–H groups in total. The molecular weight excluding hydrogens is 1980 g/mol. The molecule has 12 nitrogen and oxygen atoms in total. The van der Waals surface area contributed by atoms with Gasteiger partial charge >= 0.3 is 66.0 Å². The molecule has 0 amide bonds. The molecule has 24 bridgehead atoms. The summed E-state index contributed by atoms with van der Waals surface area (Å²) < 4.78 is 31.8. The fourth-order valence-electron chi connectivity index (χ4n) is 19.9. The minimum atomic E-state index is -0.428. The van der Waals surface area contributed by atoms with Gasteiger partial charge in [0.2, 0.25) is 0 Å². The van der Waals surface area contributed by atoms with E-state index in [1.165, 1.54) is 62.7 Å². The average Bonchev–Trinajstić information content (AvgIpc) is 1.58. The van der Waals surface area contributed by atoms with E-state index in [2.05, 4.69) is 317 Å². The van der Waals surface area contributed by atoms with Gasteiger partial charge in [0.15, 0.2) is 0 Å². The minimum Gasteiger partial charge on any atom is -0.656 e. The van der Waals surface area contributed by atoms with E-state index in [0.717, 1.165) is 179 Å². The summed E-state index contributed by atoms with van der Waals surface area (Å²) in [5, 5.41) is 8.08. The Balaban J connectivity index is 0.000000118. The van der Waals surface area contributed by atoms with Gasteiger partial charge in [0, 0.05) is 62.5 Å². The zero-order chi connectivity index (χ0) is 96.9. The molecule has 146 heavy (non-hydrogen) atoms. The van der Waals surface area contributed by atoms with Gasteiger partial charge in [-0.15, -0.1) is 136 Å². The summed E-state index contributed by atoms with van der Waals surface area (Å²) in [4.78, 5) is 55.3. The Morgan fingerprint density at radius 1 is 0.247 bits per heavy atom. The number of nitrogens with zero attached hydrogens (tertiary/aromatic N) is 12. The van der Waals surface area contributed by atoms with Crippen LogP contribution in [0, 0.1) is 42.0 Å². The molecule has 12 aromatic carbocycles. The molecule has 0 aliphatic carbocycles. The summed E-state index contributed by atoms with van der Waals surface area (Å²) in [5.41, 5.74) is 37.4. The summed E-state index contributed by atoms with van der Waals surface area (Å²) in [6, 6.07) is 129. The molecule has 18 heteroatoms. The van der Waals surface area contributed by atoms with Crippen molar-refractivity contribution in [3.8, 4) is 163 Å². The fourth-order valence-corrected chi connectivity index (χ4v) is 19.9. The van der Waals surface area contributed by atoms with E-state index in [9.17, 15) is 8.78 Å². The summed E-state index contributed by atoms with van der Waals surface area (Å²) in [6.07, 6.45) is 1.82. The number of aromatic nitrogens is 12. The second-order valence-electron chi connectivity index (χ2n) is 40.9. The Hall–Kier alpha value is -15.1. The first-order valence-corrected chi connectivity index (χ1v) is 48.0. The van der Waals surface area contributed by atoms with Crippen molar-refractivity contribution in [2.75, 3.05) is 0 Å². The van der Waals surface area contributed by atoms with Crippen molar-refractivity contribution in [2.45, 2.75) is 105 Å². The smallest absolute Gasteiger partial charge is 0.656 e. The van der Waals surface area contributed by atoms with Crippen molar-refractivity contribution in [2.24, 2.45) is 0 Å². The molecule has 15 heterocycles. The second-order valence-corrected chi connectivity index (χ2v) is 40.9. The number of rotatable bonds is 3. The van der Waals surface area contributed by atoms with E-state index in [4.69, 9.17) is 49.8 Å². The molecule has 0 atom stereocenters. The average molecular weight is 2070 g/mol. The van der Waals surface area contributed by atoms with Crippen LogP contribution in [0.4, 0.5) is 8.78 Å². The number of pyridine rings is 8. The maximum atomic E-state index is 14.8. The van der Waals surface area contributed by atoms with Gasteiger partial charge in [-0.1, -0.05) is 291 Å². The van der Waals surface area contributed by atoms with Crippen LogP contribution >= 0.6 is 0 Å². The number of hydrogen-bond donors (Lipinski definition) is 0. The zero-order valence-corrected chi connectivity index (χ0v) is 85.7. The van der Waals surface area contributed by atoms with Crippen LogP contribution in [0.15, 0.2) is 340 Å². The zero-order valence-electron chi connectivity index (χ0n) is 81.7. The van der Waals surface area contributed by atoms with Crippen molar-refractivity contribution in [3.63, 3.8) is 0 Å². The molecule has 0 unspecified atom stereocenters. The molecule has 0 radical (unpaired) electrons. The van der Waals surface area contributed by atoms with Crippen LogP contribution in [-0.4, -0.2) is 44.4 Å². The molecule has 0 spiro atoms. The third-order valence-electron chi connectivity index (χ3n) is 27.2. The van der Waals surface area contributed by atoms with Gasteiger partial charge in [-0.3, -0.25) is 39.9 Å². The van der Waals surface area contributed by atoms with Gasteiger partial charge < -0.3 is 19.5 Å². The molecule has 718 valence electrons. The quantitative estimate of drug-likeness (QED) is 0.123. The third kappa shape index (κ3) is 18.0. The topological polar surface area (TPSA) is 150 Å². The monoisotopic (exact) mass is 2070 g/mol. The molecule has 3 aliphatic heterocycles. The fraction of sp³-hybridized carbons (Fsp3) is 0.125. The van der Waals surface area contributed by atoms with E-state index in [1.54, 1.807) is 0 Å². The Morgan fingerprint density at radius 2 is 0.568 bits per heavy atom. The molecule has 0 saturated heterocycles. The van der Waals surface area contributed by atoms with Crippen molar-refractivity contribution in [3.05, 3.63) is 404 Å². The van der Waals surface area contributed by atoms with Gasteiger partial charge in [-0.2, -0.15) is 24.3 Å². The van der Waals surface area contributed by atoms with E-state index < -0.39 is 11.6 Å².